The molecule has 200 valence electrons. The Morgan fingerprint density at radius 1 is 1.39 bits per heavy atom. The van der Waals surface area contributed by atoms with Crippen LogP contribution < -0.4 is 10.1 Å². The van der Waals surface area contributed by atoms with E-state index in [1.165, 1.54) is 4.68 Å². The standard InChI is InChI=1S/C25H35ClF2N4O4/c1-6-32-20(16-8-7-15(12-24(3,4)5)30-22(16)36-23(27)28)18(26)19(31-32)21(34)29-13-25(35)10-9-14(2)11-17(25)33/h7-8,14,17,23,33,35H,6,9-13H2,1-5H3,(H,29,34)/t14-,17-,25-/m1/s1. The number of alkyl halides is 2. The Morgan fingerprint density at radius 3 is 2.67 bits per heavy atom. The van der Waals surface area contributed by atoms with Gasteiger partial charge in [0.15, 0.2) is 5.69 Å². The predicted octanol–water partition coefficient (Wildman–Crippen LogP) is 4.45. The third kappa shape index (κ3) is 6.52. The number of aliphatic hydroxyl groups is 2. The predicted molar refractivity (Wildman–Crippen MR) is 132 cm³/mol. The van der Waals surface area contributed by atoms with Gasteiger partial charge in [0.1, 0.15) is 5.60 Å². The van der Waals surface area contributed by atoms with Crippen LogP contribution in [0.5, 0.6) is 5.88 Å². The monoisotopic (exact) mass is 528 g/mol. The number of carbonyl (C=O) groups is 1. The Labute approximate surface area is 215 Å². The van der Waals surface area contributed by atoms with Crippen molar-refractivity contribution in [3.05, 3.63) is 28.5 Å². The number of carbonyl (C=O) groups excluding carboxylic acids is 1. The highest BCUT2D eigenvalue weighted by Crippen LogP contribution is 2.38. The summed E-state index contributed by atoms with van der Waals surface area (Å²) in [6.45, 7) is 6.80. The molecule has 3 atom stereocenters. The fourth-order valence-electron chi connectivity index (χ4n) is 4.45. The summed E-state index contributed by atoms with van der Waals surface area (Å²) in [5.74, 6) is -0.674. The topological polar surface area (TPSA) is 110 Å². The van der Waals surface area contributed by atoms with Gasteiger partial charge in [-0.25, -0.2) is 4.98 Å². The van der Waals surface area contributed by atoms with Crippen molar-refractivity contribution in [2.24, 2.45) is 11.3 Å². The minimum absolute atomic E-state index is 0.0522. The number of rotatable bonds is 8. The first-order valence-corrected chi connectivity index (χ1v) is 12.5. The molecule has 1 aliphatic carbocycles. The minimum atomic E-state index is -3.11. The van der Waals surface area contributed by atoms with Gasteiger partial charge >= 0.3 is 6.61 Å². The number of aliphatic hydroxyl groups excluding tert-OH is 1. The molecule has 8 nitrogen and oxygen atoms in total. The Balaban J connectivity index is 1.92. The average Bonchev–Trinajstić information content (AvgIpc) is 3.10. The maximum atomic E-state index is 13.2. The van der Waals surface area contributed by atoms with Gasteiger partial charge in [0.25, 0.3) is 5.91 Å². The van der Waals surface area contributed by atoms with Crippen LogP contribution in [0.1, 0.15) is 70.1 Å². The molecule has 2 heterocycles. The second kappa shape index (κ2) is 11.0. The second-order valence-electron chi connectivity index (χ2n) is 10.8. The van der Waals surface area contributed by atoms with Crippen molar-refractivity contribution in [3.63, 3.8) is 0 Å². The Kier molecular flexibility index (Phi) is 8.63. The van der Waals surface area contributed by atoms with E-state index in [1.807, 2.05) is 27.7 Å². The molecule has 0 aromatic carbocycles. The van der Waals surface area contributed by atoms with E-state index >= 15 is 0 Å². The van der Waals surface area contributed by atoms with Gasteiger partial charge in [-0.05, 0) is 56.1 Å². The molecule has 3 rings (SSSR count). The number of hydrogen-bond acceptors (Lipinski definition) is 6. The molecule has 1 amide bonds. The summed E-state index contributed by atoms with van der Waals surface area (Å²) in [5, 5.41) is 28.0. The molecule has 1 saturated carbocycles. The van der Waals surface area contributed by atoms with Crippen molar-refractivity contribution in [3.8, 4) is 17.1 Å². The zero-order valence-corrected chi connectivity index (χ0v) is 22.1. The van der Waals surface area contributed by atoms with Crippen LogP contribution in [0.3, 0.4) is 0 Å². The highest BCUT2D eigenvalue weighted by atomic mass is 35.5. The van der Waals surface area contributed by atoms with E-state index in [1.54, 1.807) is 19.1 Å². The molecule has 11 heteroatoms. The fraction of sp³-hybridized carbons (Fsp3) is 0.640. The summed E-state index contributed by atoms with van der Waals surface area (Å²) >= 11 is 6.57. The number of aryl methyl sites for hydroxylation is 1. The van der Waals surface area contributed by atoms with E-state index in [-0.39, 0.29) is 45.7 Å². The maximum absolute atomic E-state index is 13.2. The zero-order chi connectivity index (χ0) is 26.8. The van der Waals surface area contributed by atoms with E-state index in [2.05, 4.69) is 15.4 Å². The number of nitrogens with one attached hydrogen (secondary N) is 1. The third-order valence-electron chi connectivity index (χ3n) is 6.37. The van der Waals surface area contributed by atoms with Crippen LogP contribution in [0, 0.1) is 11.3 Å². The van der Waals surface area contributed by atoms with Crippen molar-refractivity contribution in [1.29, 1.82) is 0 Å². The molecule has 0 unspecified atom stereocenters. The maximum Gasteiger partial charge on any atom is 0.388 e. The summed E-state index contributed by atoms with van der Waals surface area (Å²) in [6.07, 6.45) is 1.08. The second-order valence-corrected chi connectivity index (χ2v) is 11.2. The SMILES string of the molecule is CCn1nc(C(=O)NC[C@]2(O)CC[C@@H](C)C[C@H]2O)c(Cl)c1-c1ccc(CC(C)(C)C)nc1OC(F)F. The molecule has 2 aromatic heterocycles. The molecule has 2 aromatic rings. The van der Waals surface area contributed by atoms with Gasteiger partial charge in [-0.2, -0.15) is 13.9 Å². The lowest BCUT2D eigenvalue weighted by molar-refractivity contribution is -0.106. The number of hydrogen-bond donors (Lipinski definition) is 3. The molecular formula is C25H35ClF2N4O4. The summed E-state index contributed by atoms with van der Waals surface area (Å²) < 4.78 is 32.6. The van der Waals surface area contributed by atoms with Gasteiger partial charge in [0.05, 0.1) is 22.4 Å². The van der Waals surface area contributed by atoms with Crippen LogP contribution in [0.4, 0.5) is 8.78 Å². The van der Waals surface area contributed by atoms with Crippen molar-refractivity contribution >= 4 is 17.5 Å². The minimum Gasteiger partial charge on any atom is -0.416 e. The number of pyridine rings is 1. The Bertz CT molecular complexity index is 1090. The molecule has 0 spiro atoms. The van der Waals surface area contributed by atoms with Crippen LogP contribution in [0.2, 0.25) is 5.02 Å². The van der Waals surface area contributed by atoms with Crippen LogP contribution >= 0.6 is 11.6 Å². The third-order valence-corrected chi connectivity index (χ3v) is 6.72. The number of aromatic nitrogens is 3. The lowest BCUT2D eigenvalue weighted by Gasteiger charge is -2.39. The average molecular weight is 529 g/mol. The first-order valence-electron chi connectivity index (χ1n) is 12.1. The largest absolute Gasteiger partial charge is 0.416 e. The number of ether oxygens (including phenoxy) is 1. The lowest BCUT2D eigenvalue weighted by atomic mass is 9.77. The number of halogens is 3. The van der Waals surface area contributed by atoms with Crippen molar-refractivity contribution in [2.75, 3.05) is 6.54 Å². The molecule has 3 N–H and O–H groups in total. The van der Waals surface area contributed by atoms with Crippen molar-refractivity contribution in [2.45, 2.75) is 85.2 Å². The fourth-order valence-corrected chi connectivity index (χ4v) is 4.77. The molecule has 0 saturated heterocycles. The molecule has 0 bridgehead atoms. The normalized spacial score (nSPS) is 22.6. The van der Waals surface area contributed by atoms with Gasteiger partial charge < -0.3 is 20.3 Å². The van der Waals surface area contributed by atoms with E-state index in [0.29, 0.717) is 31.5 Å². The number of nitrogens with zero attached hydrogens (tertiary/aromatic N) is 3. The van der Waals surface area contributed by atoms with Gasteiger partial charge in [-0.1, -0.05) is 39.3 Å². The molecular weight excluding hydrogens is 494 g/mol. The summed E-state index contributed by atoms with van der Waals surface area (Å²) in [4.78, 5) is 17.3. The highest BCUT2D eigenvalue weighted by molar-refractivity contribution is 6.36. The van der Waals surface area contributed by atoms with Crippen LogP contribution in [-0.4, -0.2) is 55.7 Å². The van der Waals surface area contributed by atoms with Crippen molar-refractivity contribution < 1.29 is 28.5 Å². The molecule has 0 radical (unpaired) electrons. The van der Waals surface area contributed by atoms with E-state index in [4.69, 9.17) is 16.3 Å². The van der Waals surface area contributed by atoms with E-state index in [9.17, 15) is 23.8 Å². The molecule has 1 aliphatic rings. The highest BCUT2D eigenvalue weighted by Gasteiger charge is 2.40. The quantitative estimate of drug-likeness (QED) is 0.467. The number of amides is 1. The van der Waals surface area contributed by atoms with Crippen LogP contribution in [0.25, 0.3) is 11.3 Å². The first-order chi connectivity index (χ1) is 16.7. The van der Waals surface area contributed by atoms with Crippen LogP contribution in [0.15, 0.2) is 12.1 Å². The summed E-state index contributed by atoms with van der Waals surface area (Å²) in [5.41, 5.74) is -0.722. The zero-order valence-electron chi connectivity index (χ0n) is 21.3. The molecule has 0 aliphatic heterocycles. The summed E-state index contributed by atoms with van der Waals surface area (Å²) in [6, 6.07) is 3.30. The van der Waals surface area contributed by atoms with Gasteiger partial charge in [0.2, 0.25) is 5.88 Å². The van der Waals surface area contributed by atoms with E-state index < -0.39 is 24.2 Å². The van der Waals surface area contributed by atoms with Gasteiger partial charge in [-0.3, -0.25) is 9.48 Å². The van der Waals surface area contributed by atoms with Gasteiger partial charge in [-0.15, -0.1) is 0 Å². The van der Waals surface area contributed by atoms with Crippen LogP contribution in [-0.2, 0) is 13.0 Å². The van der Waals surface area contributed by atoms with Crippen molar-refractivity contribution in [1.82, 2.24) is 20.1 Å². The first kappa shape index (κ1) is 28.3. The van der Waals surface area contributed by atoms with E-state index in [0.717, 1.165) is 6.42 Å². The molecule has 36 heavy (non-hydrogen) atoms. The smallest absolute Gasteiger partial charge is 0.388 e. The Hall–Kier alpha value is -2.30. The lowest BCUT2D eigenvalue weighted by Crippen LogP contribution is -2.54. The van der Waals surface area contributed by atoms with Gasteiger partial charge in [0, 0.05) is 18.8 Å². The summed E-state index contributed by atoms with van der Waals surface area (Å²) in [7, 11) is 0. The Morgan fingerprint density at radius 2 is 2.08 bits per heavy atom. The molecule has 1 fully saturated rings.